The third-order valence-corrected chi connectivity index (χ3v) is 4.76. The summed E-state index contributed by atoms with van der Waals surface area (Å²) in [6.07, 6.45) is 5.74. The number of hydrogen-bond donors (Lipinski definition) is 1. The fraction of sp³-hybridized carbons (Fsp3) is 0.647. The van der Waals surface area contributed by atoms with E-state index >= 15 is 0 Å². The van der Waals surface area contributed by atoms with E-state index < -0.39 is 0 Å². The van der Waals surface area contributed by atoms with Gasteiger partial charge in [-0.05, 0) is 73.6 Å². The van der Waals surface area contributed by atoms with Crippen molar-refractivity contribution >= 4 is 0 Å². The van der Waals surface area contributed by atoms with Crippen LogP contribution >= 0.6 is 0 Å². The first-order valence-electron chi connectivity index (χ1n) is 7.38. The van der Waals surface area contributed by atoms with Gasteiger partial charge in [0, 0.05) is 6.04 Å². The molecular formula is C17H26FN. The van der Waals surface area contributed by atoms with Crippen molar-refractivity contribution in [2.75, 3.05) is 0 Å². The third kappa shape index (κ3) is 3.79. The molecule has 1 fully saturated rings. The fourth-order valence-corrected chi connectivity index (χ4v) is 3.13. The van der Waals surface area contributed by atoms with Gasteiger partial charge in [-0.2, -0.15) is 0 Å². The van der Waals surface area contributed by atoms with Crippen molar-refractivity contribution in [3.63, 3.8) is 0 Å². The van der Waals surface area contributed by atoms with Gasteiger partial charge in [0.1, 0.15) is 5.82 Å². The van der Waals surface area contributed by atoms with Crippen LogP contribution in [-0.4, -0.2) is 6.04 Å². The molecule has 0 radical (unpaired) electrons. The lowest BCUT2D eigenvalue weighted by Gasteiger charge is -2.37. The molecular weight excluding hydrogens is 237 g/mol. The Morgan fingerprint density at radius 1 is 1.32 bits per heavy atom. The molecule has 1 aliphatic rings. The molecule has 0 aliphatic heterocycles. The predicted octanol–water partition coefficient (Wildman–Crippen LogP) is 4.22. The van der Waals surface area contributed by atoms with E-state index in [1.807, 2.05) is 13.0 Å². The zero-order valence-electron chi connectivity index (χ0n) is 12.4. The topological polar surface area (TPSA) is 26.0 Å². The first-order chi connectivity index (χ1) is 8.87. The van der Waals surface area contributed by atoms with E-state index in [0.717, 1.165) is 17.5 Å². The quantitative estimate of drug-likeness (QED) is 0.868. The first-order valence-corrected chi connectivity index (χ1v) is 7.38. The van der Waals surface area contributed by atoms with Crippen molar-refractivity contribution in [3.8, 4) is 0 Å². The Balaban J connectivity index is 1.98. The molecule has 106 valence electrons. The number of hydrogen-bond acceptors (Lipinski definition) is 1. The summed E-state index contributed by atoms with van der Waals surface area (Å²) in [4.78, 5) is 0. The third-order valence-electron chi connectivity index (χ3n) is 4.76. The lowest BCUT2D eigenvalue weighted by atomic mass is 9.70. The normalized spacial score (nSPS) is 21.3. The summed E-state index contributed by atoms with van der Waals surface area (Å²) in [5, 5.41) is 0. The van der Waals surface area contributed by atoms with Crippen LogP contribution in [0.4, 0.5) is 4.39 Å². The average molecular weight is 263 g/mol. The van der Waals surface area contributed by atoms with E-state index in [4.69, 9.17) is 5.73 Å². The van der Waals surface area contributed by atoms with Gasteiger partial charge < -0.3 is 5.73 Å². The highest BCUT2D eigenvalue weighted by Gasteiger charge is 2.30. The minimum atomic E-state index is -0.155. The monoisotopic (exact) mass is 263 g/mol. The number of nitrogens with two attached hydrogens (primary N) is 1. The van der Waals surface area contributed by atoms with Crippen LogP contribution in [0.3, 0.4) is 0 Å². The molecule has 0 amide bonds. The molecule has 1 atom stereocenters. The van der Waals surface area contributed by atoms with Gasteiger partial charge in [-0.25, -0.2) is 4.39 Å². The lowest BCUT2D eigenvalue weighted by Crippen LogP contribution is -2.36. The average Bonchev–Trinajstić information content (AvgIpc) is 2.33. The van der Waals surface area contributed by atoms with Crippen LogP contribution in [0.25, 0.3) is 0 Å². The fourth-order valence-electron chi connectivity index (χ4n) is 3.13. The summed E-state index contributed by atoms with van der Waals surface area (Å²) in [5.74, 6) is 0.438. The SMILES string of the molecule is Cc1ccc(F)cc1CC(N)C1CCC(C)(C)CC1. The van der Waals surface area contributed by atoms with Gasteiger partial charge in [-0.15, -0.1) is 0 Å². The van der Waals surface area contributed by atoms with Crippen molar-refractivity contribution in [1.29, 1.82) is 0 Å². The first kappa shape index (κ1) is 14.5. The van der Waals surface area contributed by atoms with Crippen molar-refractivity contribution in [2.45, 2.75) is 58.9 Å². The Bertz CT molecular complexity index is 429. The van der Waals surface area contributed by atoms with Crippen LogP contribution in [0.2, 0.25) is 0 Å². The predicted molar refractivity (Wildman–Crippen MR) is 78.6 cm³/mol. The Labute approximate surface area is 116 Å². The molecule has 1 aliphatic carbocycles. The van der Waals surface area contributed by atoms with Gasteiger partial charge in [0.05, 0.1) is 0 Å². The Morgan fingerprint density at radius 2 is 1.95 bits per heavy atom. The van der Waals surface area contributed by atoms with Gasteiger partial charge in [0.15, 0.2) is 0 Å². The van der Waals surface area contributed by atoms with Crippen LogP contribution in [0.15, 0.2) is 18.2 Å². The van der Waals surface area contributed by atoms with E-state index in [1.54, 1.807) is 6.07 Å². The number of benzene rings is 1. The van der Waals surface area contributed by atoms with Crippen molar-refractivity contribution in [1.82, 2.24) is 0 Å². The smallest absolute Gasteiger partial charge is 0.123 e. The van der Waals surface area contributed by atoms with Gasteiger partial charge in [-0.1, -0.05) is 19.9 Å². The van der Waals surface area contributed by atoms with Gasteiger partial charge in [0.25, 0.3) is 0 Å². The molecule has 1 aromatic carbocycles. The van der Waals surface area contributed by atoms with E-state index in [2.05, 4.69) is 13.8 Å². The van der Waals surface area contributed by atoms with Crippen molar-refractivity contribution in [3.05, 3.63) is 35.1 Å². The molecule has 1 saturated carbocycles. The van der Waals surface area contributed by atoms with Crippen molar-refractivity contribution in [2.24, 2.45) is 17.1 Å². The molecule has 0 aromatic heterocycles. The summed E-state index contributed by atoms with van der Waals surface area (Å²) in [6.45, 7) is 6.71. The standard InChI is InChI=1S/C17H26FN/c1-12-4-5-15(18)10-14(12)11-16(19)13-6-8-17(2,3)9-7-13/h4-5,10,13,16H,6-9,11,19H2,1-3H3. The summed E-state index contributed by atoms with van der Waals surface area (Å²) >= 11 is 0. The molecule has 2 heteroatoms. The molecule has 1 aromatic rings. The largest absolute Gasteiger partial charge is 0.327 e. The van der Waals surface area contributed by atoms with E-state index in [-0.39, 0.29) is 11.9 Å². The second-order valence-electron chi connectivity index (χ2n) is 6.94. The molecule has 19 heavy (non-hydrogen) atoms. The maximum Gasteiger partial charge on any atom is 0.123 e. The number of rotatable bonds is 3. The van der Waals surface area contributed by atoms with Gasteiger partial charge in [0.2, 0.25) is 0 Å². The summed E-state index contributed by atoms with van der Waals surface area (Å²) in [7, 11) is 0. The second kappa shape index (κ2) is 5.62. The number of halogens is 1. The lowest BCUT2D eigenvalue weighted by molar-refractivity contribution is 0.173. The minimum absolute atomic E-state index is 0.155. The highest BCUT2D eigenvalue weighted by molar-refractivity contribution is 5.27. The summed E-state index contributed by atoms with van der Waals surface area (Å²) < 4.78 is 13.3. The van der Waals surface area contributed by atoms with Crippen LogP contribution in [-0.2, 0) is 6.42 Å². The van der Waals surface area contributed by atoms with Crippen molar-refractivity contribution < 1.29 is 4.39 Å². The van der Waals surface area contributed by atoms with Crippen LogP contribution in [0, 0.1) is 24.1 Å². The molecule has 0 saturated heterocycles. The van der Waals surface area contributed by atoms with E-state index in [1.165, 1.54) is 31.7 Å². The van der Waals surface area contributed by atoms with Gasteiger partial charge in [-0.3, -0.25) is 0 Å². The zero-order chi connectivity index (χ0) is 14.0. The maximum atomic E-state index is 13.3. The second-order valence-corrected chi connectivity index (χ2v) is 6.94. The van der Waals surface area contributed by atoms with Gasteiger partial charge >= 0.3 is 0 Å². The van der Waals surface area contributed by atoms with Crippen LogP contribution < -0.4 is 5.73 Å². The number of aryl methyl sites for hydroxylation is 1. The minimum Gasteiger partial charge on any atom is -0.327 e. The molecule has 1 nitrogen and oxygen atoms in total. The molecule has 0 bridgehead atoms. The molecule has 1 unspecified atom stereocenters. The van der Waals surface area contributed by atoms with Crippen LogP contribution in [0.1, 0.15) is 50.7 Å². The maximum absolute atomic E-state index is 13.3. The Morgan fingerprint density at radius 3 is 2.58 bits per heavy atom. The van der Waals surface area contributed by atoms with E-state index in [0.29, 0.717) is 11.3 Å². The highest BCUT2D eigenvalue weighted by Crippen LogP contribution is 2.39. The Hall–Kier alpha value is -0.890. The molecule has 0 spiro atoms. The molecule has 2 N–H and O–H groups in total. The molecule has 2 rings (SSSR count). The molecule has 0 heterocycles. The zero-order valence-corrected chi connectivity index (χ0v) is 12.4. The summed E-state index contributed by atoms with van der Waals surface area (Å²) in [5.41, 5.74) is 9.06. The summed E-state index contributed by atoms with van der Waals surface area (Å²) in [6, 6.07) is 5.17. The Kier molecular flexibility index (Phi) is 4.29. The van der Waals surface area contributed by atoms with E-state index in [9.17, 15) is 4.39 Å². The van der Waals surface area contributed by atoms with Crippen LogP contribution in [0.5, 0.6) is 0 Å². The highest BCUT2D eigenvalue weighted by atomic mass is 19.1.